The smallest absolute Gasteiger partial charge is 0.268 e. The van der Waals surface area contributed by atoms with E-state index in [0.717, 1.165) is 10.0 Å². The quantitative estimate of drug-likeness (QED) is 0.877. The number of hydrogen-bond donors (Lipinski definition) is 1. The number of nitrogens with two attached hydrogens (primary N) is 1. The SMILES string of the molecule is CC=N/C=C(\C)c1nc(C(N)=O)c2cccc(Br)c2n1. The molecule has 20 heavy (non-hydrogen) atoms. The van der Waals surface area contributed by atoms with Crippen LogP contribution in [0.25, 0.3) is 16.5 Å². The molecule has 0 aliphatic heterocycles. The van der Waals surface area contributed by atoms with Crippen LogP contribution in [0.3, 0.4) is 0 Å². The van der Waals surface area contributed by atoms with Gasteiger partial charge in [-0.3, -0.25) is 9.79 Å². The van der Waals surface area contributed by atoms with E-state index in [2.05, 4.69) is 30.9 Å². The number of hydrogen-bond acceptors (Lipinski definition) is 4. The van der Waals surface area contributed by atoms with Crippen molar-refractivity contribution in [2.24, 2.45) is 10.7 Å². The Labute approximate surface area is 124 Å². The maximum absolute atomic E-state index is 11.6. The zero-order chi connectivity index (χ0) is 14.7. The van der Waals surface area contributed by atoms with Crippen LogP contribution in [0.2, 0.25) is 0 Å². The number of halogens is 1. The highest BCUT2D eigenvalue weighted by atomic mass is 79.9. The van der Waals surface area contributed by atoms with Gasteiger partial charge in [-0.2, -0.15) is 0 Å². The number of fused-ring (bicyclic) bond motifs is 1. The molecule has 0 atom stereocenters. The van der Waals surface area contributed by atoms with E-state index in [0.29, 0.717) is 16.7 Å². The van der Waals surface area contributed by atoms with Crippen LogP contribution < -0.4 is 5.73 Å². The predicted octanol–water partition coefficient (Wildman–Crippen LogP) is 2.94. The summed E-state index contributed by atoms with van der Waals surface area (Å²) in [5, 5.41) is 0.627. The first kappa shape index (κ1) is 14.3. The van der Waals surface area contributed by atoms with E-state index in [1.165, 1.54) is 0 Å². The summed E-state index contributed by atoms with van der Waals surface area (Å²) in [6, 6.07) is 5.44. The minimum Gasteiger partial charge on any atom is -0.364 e. The van der Waals surface area contributed by atoms with E-state index in [4.69, 9.17) is 5.73 Å². The number of rotatable bonds is 3. The first-order valence-electron chi connectivity index (χ1n) is 5.95. The fourth-order valence-corrected chi connectivity index (χ4v) is 2.18. The third kappa shape index (κ3) is 2.75. The lowest BCUT2D eigenvalue weighted by atomic mass is 10.1. The molecule has 0 aliphatic carbocycles. The highest BCUT2D eigenvalue weighted by molar-refractivity contribution is 9.10. The van der Waals surface area contributed by atoms with Crippen LogP contribution in [0.15, 0.2) is 33.9 Å². The Balaban J connectivity index is 2.76. The Hall–Kier alpha value is -2.08. The summed E-state index contributed by atoms with van der Waals surface area (Å²) < 4.78 is 0.785. The van der Waals surface area contributed by atoms with Crippen molar-refractivity contribution in [1.82, 2.24) is 9.97 Å². The van der Waals surface area contributed by atoms with E-state index in [-0.39, 0.29) is 5.69 Å². The van der Waals surface area contributed by atoms with Gasteiger partial charge in [-0.1, -0.05) is 12.1 Å². The monoisotopic (exact) mass is 332 g/mol. The van der Waals surface area contributed by atoms with E-state index in [9.17, 15) is 4.79 Å². The van der Waals surface area contributed by atoms with Crippen molar-refractivity contribution in [3.8, 4) is 0 Å². The zero-order valence-electron chi connectivity index (χ0n) is 11.1. The van der Waals surface area contributed by atoms with Gasteiger partial charge in [-0.25, -0.2) is 9.97 Å². The molecule has 0 saturated carbocycles. The number of aromatic nitrogens is 2. The summed E-state index contributed by atoms with van der Waals surface area (Å²) in [4.78, 5) is 24.3. The van der Waals surface area contributed by atoms with Crippen molar-refractivity contribution in [3.63, 3.8) is 0 Å². The van der Waals surface area contributed by atoms with Crippen molar-refractivity contribution in [1.29, 1.82) is 0 Å². The van der Waals surface area contributed by atoms with Gasteiger partial charge >= 0.3 is 0 Å². The highest BCUT2D eigenvalue weighted by Gasteiger charge is 2.14. The minimum atomic E-state index is -0.580. The minimum absolute atomic E-state index is 0.208. The molecule has 5 nitrogen and oxygen atoms in total. The maximum atomic E-state index is 11.6. The van der Waals surface area contributed by atoms with Gasteiger partial charge in [0.2, 0.25) is 0 Å². The largest absolute Gasteiger partial charge is 0.364 e. The topological polar surface area (TPSA) is 81.2 Å². The summed E-state index contributed by atoms with van der Waals surface area (Å²) >= 11 is 3.42. The first-order valence-corrected chi connectivity index (χ1v) is 6.75. The lowest BCUT2D eigenvalue weighted by molar-refractivity contribution is 0.0997. The molecule has 0 unspecified atom stereocenters. The predicted molar refractivity (Wildman–Crippen MR) is 83.6 cm³/mol. The van der Waals surface area contributed by atoms with Crippen LogP contribution in [-0.4, -0.2) is 22.1 Å². The number of primary amides is 1. The molecule has 1 aromatic heterocycles. The van der Waals surface area contributed by atoms with Crippen LogP contribution in [-0.2, 0) is 0 Å². The van der Waals surface area contributed by atoms with Crippen LogP contribution in [0.1, 0.15) is 30.2 Å². The van der Waals surface area contributed by atoms with Crippen LogP contribution in [0.4, 0.5) is 0 Å². The lowest BCUT2D eigenvalue weighted by Crippen LogP contribution is -2.15. The number of benzene rings is 1. The Morgan fingerprint density at radius 1 is 1.40 bits per heavy atom. The van der Waals surface area contributed by atoms with Gasteiger partial charge in [0, 0.05) is 27.8 Å². The number of carbonyl (C=O) groups excluding carboxylic acids is 1. The third-order valence-corrected chi connectivity index (χ3v) is 3.32. The Morgan fingerprint density at radius 3 is 2.80 bits per heavy atom. The second-order valence-electron chi connectivity index (χ2n) is 4.12. The number of aliphatic imine (C=N–C) groups is 1. The van der Waals surface area contributed by atoms with Crippen molar-refractivity contribution in [2.75, 3.05) is 0 Å². The Kier molecular flexibility index (Phi) is 4.24. The summed E-state index contributed by atoms with van der Waals surface area (Å²) in [5.74, 6) is -0.146. The molecular weight excluding hydrogens is 320 g/mol. The first-order chi connectivity index (χ1) is 9.54. The number of para-hydroxylation sites is 1. The molecule has 0 aliphatic rings. The second-order valence-corrected chi connectivity index (χ2v) is 4.97. The summed E-state index contributed by atoms with van der Waals surface area (Å²) in [7, 11) is 0. The summed E-state index contributed by atoms with van der Waals surface area (Å²) in [6.45, 7) is 3.65. The van der Waals surface area contributed by atoms with Crippen LogP contribution in [0.5, 0.6) is 0 Å². The van der Waals surface area contributed by atoms with E-state index >= 15 is 0 Å². The molecule has 1 aromatic carbocycles. The van der Waals surface area contributed by atoms with Gasteiger partial charge in [-0.15, -0.1) is 0 Å². The molecule has 0 saturated heterocycles. The van der Waals surface area contributed by atoms with Crippen LogP contribution >= 0.6 is 15.9 Å². The third-order valence-electron chi connectivity index (χ3n) is 2.68. The Morgan fingerprint density at radius 2 is 2.15 bits per heavy atom. The molecule has 1 amide bonds. The highest BCUT2D eigenvalue weighted by Crippen LogP contribution is 2.25. The number of carbonyl (C=O) groups is 1. The molecule has 6 heteroatoms. The standard InChI is InChI=1S/C14H13BrN4O/c1-3-17-7-8(2)14-18-11-9(5-4-6-10(11)15)12(19-14)13(16)20/h3-7H,1-2H3,(H2,16,20)/b8-7+,17-3?. The van der Waals surface area contributed by atoms with Crippen molar-refractivity contribution >= 4 is 44.5 Å². The fraction of sp³-hybridized carbons (Fsp3) is 0.143. The van der Waals surface area contributed by atoms with E-state index in [1.54, 1.807) is 18.5 Å². The molecule has 0 bridgehead atoms. The summed E-state index contributed by atoms with van der Waals surface area (Å²) in [5.41, 5.74) is 7.02. The van der Waals surface area contributed by atoms with Gasteiger partial charge in [-0.05, 0) is 35.8 Å². The van der Waals surface area contributed by atoms with Gasteiger partial charge < -0.3 is 5.73 Å². The van der Waals surface area contributed by atoms with Crippen molar-refractivity contribution < 1.29 is 4.79 Å². The van der Waals surface area contributed by atoms with Crippen molar-refractivity contribution in [3.05, 3.63) is 40.4 Å². The molecule has 102 valence electrons. The number of allylic oxidation sites excluding steroid dienone is 1. The molecule has 2 rings (SSSR count). The average Bonchev–Trinajstić information content (AvgIpc) is 2.44. The molecule has 2 N–H and O–H groups in total. The lowest BCUT2D eigenvalue weighted by Gasteiger charge is -2.07. The van der Waals surface area contributed by atoms with Crippen molar-refractivity contribution in [2.45, 2.75) is 13.8 Å². The fourth-order valence-electron chi connectivity index (χ4n) is 1.73. The second kappa shape index (κ2) is 5.92. The van der Waals surface area contributed by atoms with Gasteiger partial charge in [0.1, 0.15) is 5.69 Å². The van der Waals surface area contributed by atoms with Gasteiger partial charge in [0.05, 0.1) is 5.52 Å². The van der Waals surface area contributed by atoms with Crippen LogP contribution in [0, 0.1) is 0 Å². The maximum Gasteiger partial charge on any atom is 0.268 e. The normalized spacial score (nSPS) is 12.2. The van der Waals surface area contributed by atoms with Gasteiger partial charge in [0.25, 0.3) is 5.91 Å². The molecule has 0 fully saturated rings. The summed E-state index contributed by atoms with van der Waals surface area (Å²) in [6.07, 6.45) is 3.30. The van der Waals surface area contributed by atoms with E-state index in [1.807, 2.05) is 26.0 Å². The molecule has 1 heterocycles. The molecule has 0 spiro atoms. The molecule has 0 radical (unpaired) electrons. The zero-order valence-corrected chi connectivity index (χ0v) is 12.7. The molecule has 2 aromatic rings. The Bertz CT molecular complexity index is 737. The van der Waals surface area contributed by atoms with Gasteiger partial charge in [0.15, 0.2) is 5.82 Å². The van der Waals surface area contributed by atoms with E-state index < -0.39 is 5.91 Å². The number of nitrogens with zero attached hydrogens (tertiary/aromatic N) is 3. The average molecular weight is 333 g/mol. The molecular formula is C14H13BrN4O. The number of amides is 1.